The number of hydrogen-bond donors (Lipinski definition) is 2. The molecule has 0 fully saturated rings. The average Bonchev–Trinajstić information content (AvgIpc) is 2.56. The van der Waals surface area contributed by atoms with Gasteiger partial charge in [0.1, 0.15) is 11.0 Å². The lowest BCUT2D eigenvalue weighted by Gasteiger charge is -2.26. The van der Waals surface area contributed by atoms with Crippen molar-refractivity contribution in [1.29, 1.82) is 0 Å². The van der Waals surface area contributed by atoms with E-state index < -0.39 is 17.1 Å². The summed E-state index contributed by atoms with van der Waals surface area (Å²) in [4.78, 5) is 0. The number of anilines is 2. The summed E-state index contributed by atoms with van der Waals surface area (Å²) in [5, 5.41) is 13.1. The average molecular weight is 332 g/mol. The Bertz CT molecular complexity index is 634. The summed E-state index contributed by atoms with van der Waals surface area (Å²) < 4.78 is 14.7. The van der Waals surface area contributed by atoms with Gasteiger partial charge < -0.3 is 10.4 Å². The van der Waals surface area contributed by atoms with E-state index in [2.05, 4.69) is 5.32 Å². The Kier molecular flexibility index (Phi) is 6.77. The van der Waals surface area contributed by atoms with Crippen molar-refractivity contribution < 1.29 is 9.32 Å². The zero-order chi connectivity index (χ0) is 16.7. The maximum absolute atomic E-state index is 12.9. The Morgan fingerprint density at radius 2 is 1.78 bits per heavy atom. The van der Waals surface area contributed by atoms with E-state index >= 15 is 0 Å². The Morgan fingerprint density at radius 3 is 2.43 bits per heavy atom. The lowest BCUT2D eigenvalue weighted by atomic mass is 10.2. The number of hydrogen-bond acceptors (Lipinski definition) is 3. The van der Waals surface area contributed by atoms with Gasteiger partial charge in [0, 0.05) is 0 Å². The van der Waals surface area contributed by atoms with Crippen molar-refractivity contribution in [2.75, 3.05) is 23.7 Å². The lowest BCUT2D eigenvalue weighted by molar-refractivity contribution is 0.188. The fourth-order valence-electron chi connectivity index (χ4n) is 2.35. The lowest BCUT2D eigenvalue weighted by Crippen LogP contribution is -2.30. The highest BCUT2D eigenvalue weighted by Crippen LogP contribution is 2.30. The van der Waals surface area contributed by atoms with Crippen molar-refractivity contribution in [3.63, 3.8) is 0 Å². The molecule has 0 amide bonds. The van der Waals surface area contributed by atoms with E-state index in [9.17, 15) is 9.32 Å². The molecule has 2 N–H and O–H groups in total. The summed E-state index contributed by atoms with van der Waals surface area (Å²) in [7, 11) is 0.493. The predicted molar refractivity (Wildman–Crippen MR) is 97.3 cm³/mol. The van der Waals surface area contributed by atoms with Gasteiger partial charge in [-0.05, 0) is 50.7 Å². The number of nitrogens with zero attached hydrogens (tertiary/aromatic N) is 1. The van der Waals surface area contributed by atoms with Gasteiger partial charge in [0.05, 0.1) is 23.2 Å². The van der Waals surface area contributed by atoms with E-state index in [1.165, 1.54) is 0 Å². The van der Waals surface area contributed by atoms with E-state index in [0.717, 1.165) is 16.9 Å². The first kappa shape index (κ1) is 17.7. The van der Waals surface area contributed by atoms with Gasteiger partial charge in [-0.15, -0.1) is 0 Å². The van der Waals surface area contributed by atoms with Crippen LogP contribution in [0.5, 0.6) is 0 Å². The van der Waals surface area contributed by atoms with Gasteiger partial charge in [-0.25, -0.2) is 4.21 Å². The molecule has 2 aromatic rings. The minimum Gasteiger partial charge on any atom is -0.392 e. The van der Waals surface area contributed by atoms with Crippen LogP contribution in [0.2, 0.25) is 0 Å². The van der Waals surface area contributed by atoms with E-state index in [4.69, 9.17) is 0 Å². The number of aryl methyl sites for hydroxylation is 1. The Balaban J connectivity index is 2.28. The number of para-hydroxylation sites is 2. The van der Waals surface area contributed by atoms with Crippen molar-refractivity contribution in [3.8, 4) is 0 Å². The molecule has 0 radical (unpaired) electrons. The molecular formula is C18H24N2O2S. The van der Waals surface area contributed by atoms with Crippen LogP contribution in [0, 0.1) is 6.92 Å². The zero-order valence-corrected chi connectivity index (χ0v) is 14.4. The smallest absolute Gasteiger partial charge is 0.127 e. The van der Waals surface area contributed by atoms with E-state index in [1.807, 2.05) is 68.6 Å². The van der Waals surface area contributed by atoms with Crippen LogP contribution in [0.3, 0.4) is 0 Å². The number of aliphatic hydroxyl groups is 1. The monoisotopic (exact) mass is 332 g/mol. The van der Waals surface area contributed by atoms with Gasteiger partial charge in [0.2, 0.25) is 0 Å². The number of benzene rings is 2. The minimum absolute atomic E-state index is 0.213. The molecule has 0 heterocycles. The normalized spacial score (nSPS) is 13.5. The Morgan fingerprint density at radius 1 is 1.13 bits per heavy atom. The fourth-order valence-corrected chi connectivity index (χ4v) is 3.78. The second-order valence-corrected chi connectivity index (χ2v) is 6.79. The van der Waals surface area contributed by atoms with Gasteiger partial charge >= 0.3 is 0 Å². The highest BCUT2D eigenvalue weighted by Gasteiger charge is 2.20. The second kappa shape index (κ2) is 8.82. The summed E-state index contributed by atoms with van der Waals surface area (Å²) in [6.45, 7) is 2.70. The topological polar surface area (TPSA) is 52.6 Å². The van der Waals surface area contributed by atoms with Gasteiger partial charge in [0.15, 0.2) is 0 Å². The third kappa shape index (κ3) is 4.89. The van der Waals surface area contributed by atoms with Crippen molar-refractivity contribution >= 4 is 22.4 Å². The van der Waals surface area contributed by atoms with Crippen molar-refractivity contribution in [3.05, 3.63) is 60.2 Å². The molecule has 124 valence electrons. The molecule has 2 unspecified atom stereocenters. The van der Waals surface area contributed by atoms with Crippen LogP contribution in [-0.2, 0) is 11.0 Å². The maximum atomic E-state index is 12.9. The fraction of sp³-hybridized carbons (Fsp3) is 0.333. The summed E-state index contributed by atoms with van der Waals surface area (Å²) >= 11 is 0. The molecule has 2 aromatic carbocycles. The van der Waals surface area contributed by atoms with Crippen molar-refractivity contribution in [2.45, 2.75) is 19.4 Å². The highest BCUT2D eigenvalue weighted by molar-refractivity contribution is 7.86. The molecule has 0 aliphatic carbocycles. The van der Waals surface area contributed by atoms with Crippen LogP contribution in [-0.4, -0.2) is 34.8 Å². The summed E-state index contributed by atoms with van der Waals surface area (Å²) in [5.41, 5.74) is 2.81. The van der Waals surface area contributed by atoms with E-state index in [0.29, 0.717) is 13.0 Å². The van der Waals surface area contributed by atoms with Crippen LogP contribution >= 0.6 is 0 Å². The molecule has 5 heteroatoms. The van der Waals surface area contributed by atoms with Crippen LogP contribution in [0.1, 0.15) is 12.0 Å². The quantitative estimate of drug-likeness (QED) is 0.781. The first-order valence-electron chi connectivity index (χ1n) is 7.75. The van der Waals surface area contributed by atoms with Crippen molar-refractivity contribution in [1.82, 2.24) is 5.32 Å². The number of nitrogens with one attached hydrogen (secondary N) is 1. The molecule has 0 aliphatic rings. The molecule has 4 nitrogen and oxygen atoms in total. The molecule has 0 aromatic heterocycles. The van der Waals surface area contributed by atoms with Gasteiger partial charge in [-0.1, -0.05) is 36.4 Å². The van der Waals surface area contributed by atoms with Crippen LogP contribution in [0.15, 0.2) is 54.6 Å². The molecule has 0 aliphatic heterocycles. The standard InChI is InChI=1S/C18H24N2O2S/c1-15-8-6-7-11-18(15)20(16-9-4-3-5-10-16)23(22)14-17(21)12-13-19-2/h3-11,17,19,21H,12-14H2,1-2H3. The summed E-state index contributed by atoms with van der Waals surface area (Å²) in [6.07, 6.45) is -0.0166. The van der Waals surface area contributed by atoms with Crippen LogP contribution < -0.4 is 9.62 Å². The minimum atomic E-state index is -1.35. The Hall–Kier alpha value is -1.69. The van der Waals surface area contributed by atoms with Gasteiger partial charge in [-0.3, -0.25) is 4.31 Å². The SMILES string of the molecule is CNCCC(O)CS(=O)N(c1ccccc1)c1ccccc1C. The highest BCUT2D eigenvalue weighted by atomic mass is 32.2. The molecule has 0 bridgehead atoms. The molecule has 0 saturated heterocycles. The van der Waals surface area contributed by atoms with Gasteiger partial charge in [-0.2, -0.15) is 0 Å². The van der Waals surface area contributed by atoms with Crippen molar-refractivity contribution in [2.24, 2.45) is 0 Å². The first-order chi connectivity index (χ1) is 11.1. The van der Waals surface area contributed by atoms with Crippen LogP contribution in [0.4, 0.5) is 11.4 Å². The number of aliphatic hydroxyl groups excluding tert-OH is 1. The summed E-state index contributed by atoms with van der Waals surface area (Å²) in [6, 6.07) is 17.5. The molecular weight excluding hydrogens is 308 g/mol. The second-order valence-electron chi connectivity index (χ2n) is 5.45. The van der Waals surface area contributed by atoms with E-state index in [1.54, 1.807) is 4.31 Å². The van der Waals surface area contributed by atoms with Gasteiger partial charge in [0.25, 0.3) is 0 Å². The zero-order valence-electron chi connectivity index (χ0n) is 13.6. The third-order valence-electron chi connectivity index (χ3n) is 3.59. The molecule has 2 rings (SSSR count). The van der Waals surface area contributed by atoms with Crippen LogP contribution in [0.25, 0.3) is 0 Å². The van der Waals surface area contributed by atoms with E-state index in [-0.39, 0.29) is 5.75 Å². The molecule has 0 spiro atoms. The first-order valence-corrected chi connectivity index (χ1v) is 9.03. The molecule has 0 saturated carbocycles. The maximum Gasteiger partial charge on any atom is 0.127 e. The number of rotatable bonds is 8. The molecule has 2 atom stereocenters. The Labute approximate surface area is 140 Å². The summed E-state index contributed by atoms with van der Waals surface area (Å²) in [5.74, 6) is 0.213. The largest absolute Gasteiger partial charge is 0.392 e. The molecule has 23 heavy (non-hydrogen) atoms. The third-order valence-corrected chi connectivity index (χ3v) is 5.08. The predicted octanol–water partition coefficient (Wildman–Crippen LogP) is 2.77.